The van der Waals surface area contributed by atoms with Gasteiger partial charge in [-0.2, -0.15) is 0 Å². The van der Waals surface area contributed by atoms with Crippen LogP contribution in [0, 0.1) is 11.8 Å². The van der Waals surface area contributed by atoms with E-state index in [-0.39, 0.29) is 17.9 Å². The highest BCUT2D eigenvalue weighted by molar-refractivity contribution is 5.81. The van der Waals surface area contributed by atoms with Gasteiger partial charge in [0, 0.05) is 19.5 Å². The number of rotatable bonds is 4. The third kappa shape index (κ3) is 2.99. The molecule has 1 aliphatic carbocycles. The van der Waals surface area contributed by atoms with E-state index in [4.69, 9.17) is 5.11 Å². The summed E-state index contributed by atoms with van der Waals surface area (Å²) in [6.45, 7) is 4.52. The average Bonchev–Trinajstić information content (AvgIpc) is 2.77. The van der Waals surface area contributed by atoms with E-state index in [1.54, 1.807) is 11.8 Å². The fourth-order valence-corrected chi connectivity index (χ4v) is 1.44. The molecule has 0 spiro atoms. The van der Waals surface area contributed by atoms with E-state index in [0.717, 1.165) is 6.42 Å². The summed E-state index contributed by atoms with van der Waals surface area (Å²) < 4.78 is 0. The monoisotopic (exact) mass is 185 g/mol. The predicted molar refractivity (Wildman–Crippen MR) is 51.2 cm³/mol. The van der Waals surface area contributed by atoms with Crippen molar-refractivity contribution in [2.75, 3.05) is 13.6 Å². The van der Waals surface area contributed by atoms with Crippen molar-refractivity contribution in [1.82, 2.24) is 4.90 Å². The maximum Gasteiger partial charge on any atom is 0.225 e. The Bertz CT molecular complexity index is 191. The standard InChI is InChI=1S/C10H19NO2/c1-7-6-9(7)10(13)11(3)5-4-8(2)12/h7-9,12H,4-6H2,1-3H3. The van der Waals surface area contributed by atoms with Gasteiger partial charge in [0.1, 0.15) is 0 Å². The van der Waals surface area contributed by atoms with Crippen molar-refractivity contribution in [3.63, 3.8) is 0 Å². The lowest BCUT2D eigenvalue weighted by Gasteiger charge is -2.17. The molecule has 0 saturated heterocycles. The van der Waals surface area contributed by atoms with Crippen molar-refractivity contribution < 1.29 is 9.90 Å². The molecule has 76 valence electrons. The Morgan fingerprint density at radius 3 is 2.62 bits per heavy atom. The zero-order valence-electron chi connectivity index (χ0n) is 8.66. The molecule has 0 radical (unpaired) electrons. The van der Waals surface area contributed by atoms with Crippen LogP contribution in [0.5, 0.6) is 0 Å². The van der Waals surface area contributed by atoms with Crippen LogP contribution in [0.4, 0.5) is 0 Å². The van der Waals surface area contributed by atoms with Crippen molar-refractivity contribution >= 4 is 5.91 Å². The molecular formula is C10H19NO2. The quantitative estimate of drug-likeness (QED) is 0.706. The van der Waals surface area contributed by atoms with Crippen LogP contribution >= 0.6 is 0 Å². The summed E-state index contributed by atoms with van der Waals surface area (Å²) in [4.78, 5) is 13.3. The number of aliphatic hydroxyl groups is 1. The highest BCUT2D eigenvalue weighted by Crippen LogP contribution is 2.38. The summed E-state index contributed by atoms with van der Waals surface area (Å²) in [6, 6.07) is 0. The second-order valence-electron chi connectivity index (χ2n) is 4.22. The smallest absolute Gasteiger partial charge is 0.225 e. The van der Waals surface area contributed by atoms with Crippen LogP contribution in [0.3, 0.4) is 0 Å². The van der Waals surface area contributed by atoms with Crippen molar-refractivity contribution in [2.24, 2.45) is 11.8 Å². The van der Waals surface area contributed by atoms with Gasteiger partial charge in [-0.25, -0.2) is 0 Å². The topological polar surface area (TPSA) is 40.5 Å². The fraction of sp³-hybridized carbons (Fsp3) is 0.900. The third-order valence-corrected chi connectivity index (χ3v) is 2.69. The molecule has 1 rings (SSSR count). The van der Waals surface area contributed by atoms with Crippen LogP contribution in [0.1, 0.15) is 26.7 Å². The van der Waals surface area contributed by atoms with E-state index in [2.05, 4.69) is 6.92 Å². The first-order valence-electron chi connectivity index (χ1n) is 4.95. The molecule has 3 unspecified atom stereocenters. The van der Waals surface area contributed by atoms with E-state index >= 15 is 0 Å². The number of nitrogens with zero attached hydrogens (tertiary/aromatic N) is 1. The molecule has 0 bridgehead atoms. The Balaban J connectivity index is 2.23. The largest absolute Gasteiger partial charge is 0.393 e. The van der Waals surface area contributed by atoms with Crippen LogP contribution in [0.15, 0.2) is 0 Å². The molecule has 1 N–H and O–H groups in total. The minimum absolute atomic E-state index is 0.244. The van der Waals surface area contributed by atoms with Crippen LogP contribution in [0.25, 0.3) is 0 Å². The second kappa shape index (κ2) is 4.09. The Kier molecular flexibility index (Phi) is 3.31. The lowest BCUT2D eigenvalue weighted by Crippen LogP contribution is -2.30. The summed E-state index contributed by atoms with van der Waals surface area (Å²) in [5.74, 6) is 1.08. The van der Waals surface area contributed by atoms with Crippen LogP contribution in [0.2, 0.25) is 0 Å². The lowest BCUT2D eigenvalue weighted by molar-refractivity contribution is -0.131. The molecule has 1 saturated carbocycles. The molecule has 1 aliphatic rings. The van der Waals surface area contributed by atoms with Gasteiger partial charge >= 0.3 is 0 Å². The molecule has 13 heavy (non-hydrogen) atoms. The maximum absolute atomic E-state index is 11.6. The number of carbonyl (C=O) groups is 1. The molecule has 0 aromatic heterocycles. The van der Waals surface area contributed by atoms with Gasteiger partial charge in [0.2, 0.25) is 5.91 Å². The van der Waals surface area contributed by atoms with E-state index in [0.29, 0.717) is 18.9 Å². The molecule has 0 aromatic carbocycles. The summed E-state index contributed by atoms with van der Waals surface area (Å²) in [5, 5.41) is 9.05. The lowest BCUT2D eigenvalue weighted by atomic mass is 10.2. The summed E-state index contributed by atoms with van der Waals surface area (Å²) in [7, 11) is 1.82. The molecule has 0 aromatic rings. The molecule has 1 amide bonds. The molecule has 3 atom stereocenters. The van der Waals surface area contributed by atoms with Crippen molar-refractivity contribution in [1.29, 1.82) is 0 Å². The molecule has 1 fully saturated rings. The molecule has 0 aliphatic heterocycles. The molecule has 0 heterocycles. The first-order valence-corrected chi connectivity index (χ1v) is 4.95. The first kappa shape index (κ1) is 10.5. The van der Waals surface area contributed by atoms with Crippen LogP contribution in [-0.2, 0) is 4.79 Å². The van der Waals surface area contributed by atoms with Gasteiger partial charge in [-0.1, -0.05) is 6.92 Å². The van der Waals surface area contributed by atoms with E-state index in [1.165, 1.54) is 0 Å². The number of amides is 1. The van der Waals surface area contributed by atoms with Gasteiger partial charge in [-0.15, -0.1) is 0 Å². The SMILES string of the molecule is CC(O)CCN(C)C(=O)C1CC1C. The highest BCUT2D eigenvalue weighted by Gasteiger charge is 2.40. The van der Waals surface area contributed by atoms with Gasteiger partial charge in [0.15, 0.2) is 0 Å². The van der Waals surface area contributed by atoms with E-state index in [9.17, 15) is 4.79 Å². The third-order valence-electron chi connectivity index (χ3n) is 2.69. The van der Waals surface area contributed by atoms with E-state index in [1.807, 2.05) is 7.05 Å². The number of carbonyl (C=O) groups excluding carboxylic acids is 1. The second-order valence-corrected chi connectivity index (χ2v) is 4.22. The van der Waals surface area contributed by atoms with Crippen molar-refractivity contribution in [2.45, 2.75) is 32.8 Å². The zero-order chi connectivity index (χ0) is 10.0. The number of aliphatic hydroxyl groups excluding tert-OH is 1. The van der Waals surface area contributed by atoms with Gasteiger partial charge in [-0.3, -0.25) is 4.79 Å². The van der Waals surface area contributed by atoms with Gasteiger partial charge in [0.05, 0.1) is 6.10 Å². The minimum Gasteiger partial charge on any atom is -0.393 e. The van der Waals surface area contributed by atoms with Gasteiger partial charge in [0.25, 0.3) is 0 Å². The number of hydrogen-bond acceptors (Lipinski definition) is 2. The van der Waals surface area contributed by atoms with Crippen molar-refractivity contribution in [3.05, 3.63) is 0 Å². The Morgan fingerprint density at radius 1 is 1.69 bits per heavy atom. The fourth-order valence-electron chi connectivity index (χ4n) is 1.44. The summed E-state index contributed by atoms with van der Waals surface area (Å²) in [5.41, 5.74) is 0. The average molecular weight is 185 g/mol. The van der Waals surface area contributed by atoms with Crippen LogP contribution in [-0.4, -0.2) is 35.6 Å². The summed E-state index contributed by atoms with van der Waals surface area (Å²) >= 11 is 0. The number of hydrogen-bond donors (Lipinski definition) is 1. The van der Waals surface area contributed by atoms with Gasteiger partial charge < -0.3 is 10.0 Å². The highest BCUT2D eigenvalue weighted by atomic mass is 16.3. The zero-order valence-corrected chi connectivity index (χ0v) is 8.66. The molecule has 3 heteroatoms. The van der Waals surface area contributed by atoms with Gasteiger partial charge in [-0.05, 0) is 25.7 Å². The van der Waals surface area contributed by atoms with E-state index < -0.39 is 0 Å². The molecule has 3 nitrogen and oxygen atoms in total. The van der Waals surface area contributed by atoms with Crippen molar-refractivity contribution in [3.8, 4) is 0 Å². The first-order chi connectivity index (χ1) is 6.02. The summed E-state index contributed by atoms with van der Waals surface area (Å²) in [6.07, 6.45) is 1.40. The Morgan fingerprint density at radius 2 is 2.23 bits per heavy atom. The normalized spacial score (nSPS) is 28.3. The Labute approximate surface area is 79.7 Å². The minimum atomic E-state index is -0.313. The molecular weight excluding hydrogens is 166 g/mol. The predicted octanol–water partition coefficient (Wildman–Crippen LogP) is 0.872. The Hall–Kier alpha value is -0.570. The van der Waals surface area contributed by atoms with Crippen LogP contribution < -0.4 is 0 Å². The maximum atomic E-state index is 11.6.